The van der Waals surface area contributed by atoms with E-state index in [1.165, 1.54) is 29.4 Å². The number of carbonyl (C=O) groups is 2. The van der Waals surface area contributed by atoms with Crippen molar-refractivity contribution in [3.8, 4) is 0 Å². The Labute approximate surface area is 187 Å². The van der Waals surface area contributed by atoms with Crippen LogP contribution in [0, 0.1) is 6.92 Å². The molecule has 0 radical (unpaired) electrons. The third kappa shape index (κ3) is 3.39. The lowest BCUT2D eigenvalue weighted by atomic mass is 9.99. The van der Waals surface area contributed by atoms with Crippen molar-refractivity contribution in [3.05, 3.63) is 92.3 Å². The lowest BCUT2D eigenvalue weighted by Gasteiger charge is -2.25. The van der Waals surface area contributed by atoms with Crippen LogP contribution in [-0.2, 0) is 9.59 Å². The molecule has 1 atom stereocenters. The van der Waals surface area contributed by atoms with E-state index in [0.717, 1.165) is 0 Å². The van der Waals surface area contributed by atoms with Gasteiger partial charge in [-0.2, -0.15) is 0 Å². The van der Waals surface area contributed by atoms with Crippen LogP contribution in [0.25, 0.3) is 5.76 Å². The summed E-state index contributed by atoms with van der Waals surface area (Å²) >= 11 is 18.1. The summed E-state index contributed by atoms with van der Waals surface area (Å²) in [7, 11) is 0. The predicted octanol–water partition coefficient (Wildman–Crippen LogP) is 6.17. The number of aryl methyl sites for hydroxylation is 1. The van der Waals surface area contributed by atoms with Crippen molar-refractivity contribution >= 4 is 57.9 Å². The predicted molar refractivity (Wildman–Crippen MR) is 116 cm³/mol. The maximum atomic E-state index is 13.0. The summed E-state index contributed by atoms with van der Waals surface area (Å²) in [6.45, 7) is 1.78. The Morgan fingerprint density at radius 1 is 1.03 bits per heavy atom. The lowest BCUT2D eigenvalue weighted by molar-refractivity contribution is -0.132. The van der Waals surface area contributed by atoms with E-state index in [-0.39, 0.29) is 21.9 Å². The molecule has 2 heterocycles. The minimum absolute atomic E-state index is 0.109. The SMILES string of the molecule is Cc1cc(Cl)ccc1N1C(=O)C(=O)/C(=C(\O)c2ccc(Cl)c(Cl)c2)C1c1ccco1. The van der Waals surface area contributed by atoms with Gasteiger partial charge in [-0.25, -0.2) is 0 Å². The van der Waals surface area contributed by atoms with E-state index in [4.69, 9.17) is 39.2 Å². The summed E-state index contributed by atoms with van der Waals surface area (Å²) in [4.78, 5) is 27.3. The average molecular weight is 463 g/mol. The highest BCUT2D eigenvalue weighted by Gasteiger charge is 2.48. The van der Waals surface area contributed by atoms with Crippen LogP contribution < -0.4 is 4.90 Å². The molecule has 1 saturated heterocycles. The number of Topliss-reactive ketones (excluding diaryl/α,β-unsaturated/α-hetero) is 1. The van der Waals surface area contributed by atoms with Crippen LogP contribution >= 0.6 is 34.8 Å². The van der Waals surface area contributed by atoms with Gasteiger partial charge in [-0.1, -0.05) is 34.8 Å². The zero-order valence-electron chi connectivity index (χ0n) is 15.5. The number of furan rings is 1. The molecule has 5 nitrogen and oxygen atoms in total. The van der Waals surface area contributed by atoms with Crippen molar-refractivity contribution < 1.29 is 19.1 Å². The number of aliphatic hydroxyl groups excluding tert-OH is 1. The van der Waals surface area contributed by atoms with Crippen LogP contribution in [0.3, 0.4) is 0 Å². The molecule has 0 spiro atoms. The van der Waals surface area contributed by atoms with Crippen LogP contribution in [-0.4, -0.2) is 16.8 Å². The third-order valence-corrected chi connectivity index (χ3v) is 5.84. The van der Waals surface area contributed by atoms with E-state index in [0.29, 0.717) is 27.1 Å². The summed E-state index contributed by atoms with van der Waals surface area (Å²) in [6, 6.07) is 11.7. The molecule has 1 fully saturated rings. The Balaban J connectivity index is 1.95. The molecule has 0 aliphatic carbocycles. The molecule has 30 heavy (non-hydrogen) atoms. The van der Waals surface area contributed by atoms with E-state index in [1.54, 1.807) is 37.3 Å². The van der Waals surface area contributed by atoms with Crippen molar-refractivity contribution in [3.63, 3.8) is 0 Å². The zero-order valence-corrected chi connectivity index (χ0v) is 17.8. The Hall–Kier alpha value is -2.73. The highest BCUT2D eigenvalue weighted by molar-refractivity contribution is 6.52. The lowest BCUT2D eigenvalue weighted by Crippen LogP contribution is -2.29. The molecule has 3 aromatic rings. The number of ketones is 1. The molecule has 1 amide bonds. The number of amides is 1. The molecule has 1 aliphatic heterocycles. The van der Waals surface area contributed by atoms with Crippen LogP contribution in [0.1, 0.15) is 22.9 Å². The van der Waals surface area contributed by atoms with Gasteiger partial charge in [0, 0.05) is 16.3 Å². The summed E-state index contributed by atoms with van der Waals surface area (Å²) in [5, 5.41) is 12.0. The highest BCUT2D eigenvalue weighted by atomic mass is 35.5. The van der Waals surface area contributed by atoms with Crippen molar-refractivity contribution in [2.45, 2.75) is 13.0 Å². The summed E-state index contributed by atoms with van der Waals surface area (Å²) < 4.78 is 5.52. The summed E-state index contributed by atoms with van der Waals surface area (Å²) in [5.41, 5.74) is 1.32. The monoisotopic (exact) mass is 461 g/mol. The van der Waals surface area contributed by atoms with Gasteiger partial charge in [0.2, 0.25) is 0 Å². The van der Waals surface area contributed by atoms with Gasteiger partial charge in [0.15, 0.2) is 0 Å². The van der Waals surface area contributed by atoms with E-state index >= 15 is 0 Å². The van der Waals surface area contributed by atoms with E-state index in [9.17, 15) is 14.7 Å². The van der Waals surface area contributed by atoms with Crippen LogP contribution in [0.5, 0.6) is 0 Å². The first-order chi connectivity index (χ1) is 14.3. The van der Waals surface area contributed by atoms with E-state index in [2.05, 4.69) is 0 Å². The van der Waals surface area contributed by atoms with Crippen LogP contribution in [0.15, 0.2) is 64.8 Å². The second-order valence-electron chi connectivity index (χ2n) is 6.74. The van der Waals surface area contributed by atoms with E-state index < -0.39 is 17.7 Å². The van der Waals surface area contributed by atoms with Crippen LogP contribution in [0.4, 0.5) is 5.69 Å². The molecule has 1 N–H and O–H groups in total. The quantitative estimate of drug-likeness (QED) is 0.287. The topological polar surface area (TPSA) is 70.8 Å². The Morgan fingerprint density at radius 2 is 1.80 bits per heavy atom. The van der Waals surface area contributed by atoms with Gasteiger partial charge >= 0.3 is 0 Å². The Kier molecular flexibility index (Phi) is 5.36. The molecule has 1 aliphatic rings. The number of rotatable bonds is 3. The number of hydrogen-bond acceptors (Lipinski definition) is 4. The largest absolute Gasteiger partial charge is 0.507 e. The van der Waals surface area contributed by atoms with Crippen molar-refractivity contribution in [2.75, 3.05) is 4.90 Å². The van der Waals surface area contributed by atoms with Gasteiger partial charge in [-0.3, -0.25) is 14.5 Å². The van der Waals surface area contributed by atoms with Crippen molar-refractivity contribution in [2.24, 2.45) is 0 Å². The summed E-state index contributed by atoms with van der Waals surface area (Å²) in [6.07, 6.45) is 1.43. The summed E-state index contributed by atoms with van der Waals surface area (Å²) in [5.74, 6) is -1.68. The first-order valence-corrected chi connectivity index (χ1v) is 9.99. The fourth-order valence-corrected chi connectivity index (χ4v) is 4.01. The molecule has 1 aromatic heterocycles. The molecule has 1 unspecified atom stereocenters. The van der Waals surface area contributed by atoms with Crippen LogP contribution in [0.2, 0.25) is 15.1 Å². The maximum Gasteiger partial charge on any atom is 0.300 e. The smallest absolute Gasteiger partial charge is 0.300 e. The minimum atomic E-state index is -0.964. The molecule has 0 bridgehead atoms. The molecule has 4 rings (SSSR count). The molecular weight excluding hydrogens is 449 g/mol. The average Bonchev–Trinajstić information content (AvgIpc) is 3.31. The fraction of sp³-hybridized carbons (Fsp3) is 0.0909. The number of benzene rings is 2. The number of hydrogen-bond donors (Lipinski definition) is 1. The number of aliphatic hydroxyl groups is 1. The zero-order chi connectivity index (χ0) is 21.6. The Morgan fingerprint density at radius 3 is 2.43 bits per heavy atom. The maximum absolute atomic E-state index is 13.0. The second-order valence-corrected chi connectivity index (χ2v) is 8.00. The normalized spacial score (nSPS) is 18.3. The highest BCUT2D eigenvalue weighted by Crippen LogP contribution is 2.43. The van der Waals surface area contributed by atoms with Gasteiger partial charge in [-0.15, -0.1) is 0 Å². The number of halogens is 3. The minimum Gasteiger partial charge on any atom is -0.507 e. The molecule has 2 aromatic carbocycles. The molecular formula is C22H14Cl3NO4. The number of nitrogens with zero attached hydrogens (tertiary/aromatic N) is 1. The fourth-order valence-electron chi connectivity index (χ4n) is 3.49. The van der Waals surface area contributed by atoms with Crippen molar-refractivity contribution in [1.82, 2.24) is 0 Å². The first kappa shape index (κ1) is 20.5. The first-order valence-electron chi connectivity index (χ1n) is 8.85. The van der Waals surface area contributed by atoms with Gasteiger partial charge < -0.3 is 9.52 Å². The Bertz CT molecular complexity index is 1200. The molecule has 0 saturated carbocycles. The molecule has 8 heteroatoms. The van der Waals surface area contributed by atoms with Gasteiger partial charge in [-0.05, 0) is 61.0 Å². The van der Waals surface area contributed by atoms with E-state index in [1.807, 2.05) is 0 Å². The van der Waals surface area contributed by atoms with Gasteiger partial charge in [0.25, 0.3) is 11.7 Å². The second kappa shape index (κ2) is 7.84. The molecule has 152 valence electrons. The van der Waals surface area contributed by atoms with Gasteiger partial charge in [0.05, 0.1) is 21.9 Å². The standard InChI is InChI=1S/C22H14Cl3NO4/c1-11-9-13(23)5-7-16(11)26-19(17-3-2-8-30-17)18(21(28)22(26)29)20(27)12-4-6-14(24)15(25)10-12/h2-10,19,27H,1H3/b20-18-. The third-order valence-electron chi connectivity index (χ3n) is 4.87. The number of carbonyl (C=O) groups excluding carboxylic acids is 2. The number of anilines is 1. The van der Waals surface area contributed by atoms with Crippen molar-refractivity contribution in [1.29, 1.82) is 0 Å². The van der Waals surface area contributed by atoms with Gasteiger partial charge in [0.1, 0.15) is 17.6 Å².